The van der Waals surface area contributed by atoms with Crippen molar-refractivity contribution in [2.24, 2.45) is 0 Å². The predicted molar refractivity (Wildman–Crippen MR) is 108 cm³/mol. The minimum Gasteiger partial charge on any atom is -0.489 e. The molecule has 32 heavy (non-hydrogen) atoms. The molecule has 0 aromatic heterocycles. The number of carbonyl (C=O) groups is 2. The van der Waals surface area contributed by atoms with E-state index in [2.05, 4.69) is 5.32 Å². The largest absolute Gasteiger partial charge is 0.489 e. The van der Waals surface area contributed by atoms with Gasteiger partial charge in [0, 0.05) is 12.7 Å². The third-order valence-electron chi connectivity index (χ3n) is 4.35. The maximum atomic E-state index is 13.0. The van der Waals surface area contributed by atoms with Crippen molar-refractivity contribution in [1.82, 2.24) is 0 Å². The van der Waals surface area contributed by atoms with Gasteiger partial charge in [0.05, 0.1) is 23.4 Å². The molecule has 0 saturated heterocycles. The van der Waals surface area contributed by atoms with Crippen molar-refractivity contribution < 1.29 is 41.7 Å². The number of anilines is 1. The molecular formula is C22H20F3NO6. The second kappa shape index (κ2) is 10.2. The number of carbonyl (C=O) groups excluding carboxylic acids is 2. The molecule has 0 spiro atoms. The summed E-state index contributed by atoms with van der Waals surface area (Å²) >= 11 is 0. The van der Waals surface area contributed by atoms with E-state index in [9.17, 15) is 22.8 Å². The van der Waals surface area contributed by atoms with Crippen LogP contribution in [0.1, 0.15) is 11.1 Å². The molecular weight excluding hydrogens is 431 g/mol. The molecule has 0 aliphatic carbocycles. The lowest BCUT2D eigenvalue weighted by molar-refractivity contribution is -0.143. The predicted octanol–water partition coefficient (Wildman–Crippen LogP) is 3.69. The Morgan fingerprint density at radius 3 is 2.66 bits per heavy atom. The summed E-state index contributed by atoms with van der Waals surface area (Å²) in [6, 6.07) is 9.77. The van der Waals surface area contributed by atoms with E-state index in [4.69, 9.17) is 18.9 Å². The van der Waals surface area contributed by atoms with Crippen LogP contribution in [0.4, 0.5) is 18.9 Å². The maximum Gasteiger partial charge on any atom is 0.416 e. The number of benzene rings is 2. The topological polar surface area (TPSA) is 83.1 Å². The second-order valence-electron chi connectivity index (χ2n) is 6.67. The van der Waals surface area contributed by atoms with E-state index in [1.54, 1.807) is 30.3 Å². The SMILES string of the molecule is COCCOc1ccc(C(F)(F)F)cc1NC(=O)COC(=O)C1=Cc2ccccc2OC1. The average Bonchev–Trinajstić information content (AvgIpc) is 2.77. The summed E-state index contributed by atoms with van der Waals surface area (Å²) in [5, 5.41) is 2.29. The number of hydrogen-bond donors (Lipinski definition) is 1. The first-order chi connectivity index (χ1) is 15.3. The molecule has 3 rings (SSSR count). The molecule has 170 valence electrons. The fourth-order valence-electron chi connectivity index (χ4n) is 2.81. The first kappa shape index (κ1) is 23.1. The molecule has 0 fully saturated rings. The molecule has 0 radical (unpaired) electrons. The van der Waals surface area contributed by atoms with E-state index in [0.717, 1.165) is 18.2 Å². The summed E-state index contributed by atoms with van der Waals surface area (Å²) in [7, 11) is 1.44. The van der Waals surface area contributed by atoms with E-state index in [-0.39, 0.29) is 36.8 Å². The molecule has 2 aromatic rings. The number of alkyl halides is 3. The van der Waals surface area contributed by atoms with Gasteiger partial charge in [-0.05, 0) is 30.3 Å². The summed E-state index contributed by atoms with van der Waals surface area (Å²) in [4.78, 5) is 24.5. The van der Waals surface area contributed by atoms with Crippen LogP contribution < -0.4 is 14.8 Å². The number of fused-ring (bicyclic) bond motifs is 1. The molecule has 1 N–H and O–H groups in total. The molecule has 1 aliphatic heterocycles. The number of nitrogens with one attached hydrogen (secondary N) is 1. The third kappa shape index (κ3) is 6.01. The van der Waals surface area contributed by atoms with E-state index in [1.807, 2.05) is 0 Å². The number of methoxy groups -OCH3 is 1. The van der Waals surface area contributed by atoms with Crippen molar-refractivity contribution in [3.63, 3.8) is 0 Å². The normalized spacial score (nSPS) is 12.8. The van der Waals surface area contributed by atoms with Gasteiger partial charge in [0.1, 0.15) is 24.7 Å². The van der Waals surface area contributed by atoms with Crippen molar-refractivity contribution in [3.05, 3.63) is 59.2 Å². The van der Waals surface area contributed by atoms with Crippen LogP contribution in [-0.4, -0.2) is 45.4 Å². The Kier molecular flexibility index (Phi) is 7.37. The van der Waals surface area contributed by atoms with Crippen molar-refractivity contribution in [3.8, 4) is 11.5 Å². The first-order valence-electron chi connectivity index (χ1n) is 9.50. The summed E-state index contributed by atoms with van der Waals surface area (Å²) in [6.45, 7) is -0.462. The van der Waals surface area contributed by atoms with E-state index in [0.29, 0.717) is 11.3 Å². The van der Waals surface area contributed by atoms with Gasteiger partial charge in [0.2, 0.25) is 0 Å². The van der Waals surface area contributed by atoms with Gasteiger partial charge in [-0.25, -0.2) is 4.79 Å². The van der Waals surface area contributed by atoms with Crippen LogP contribution in [0.25, 0.3) is 6.08 Å². The van der Waals surface area contributed by atoms with Crippen LogP contribution in [0.15, 0.2) is 48.0 Å². The lowest BCUT2D eigenvalue weighted by Gasteiger charge is -2.17. The minimum atomic E-state index is -4.61. The summed E-state index contributed by atoms with van der Waals surface area (Å²) in [5.74, 6) is -0.954. The zero-order chi connectivity index (χ0) is 23.1. The van der Waals surface area contributed by atoms with Crippen LogP contribution in [0, 0.1) is 0 Å². The lowest BCUT2D eigenvalue weighted by atomic mass is 10.1. The number of amides is 1. The summed E-state index contributed by atoms with van der Waals surface area (Å²) < 4.78 is 59.8. The van der Waals surface area contributed by atoms with Gasteiger partial charge >= 0.3 is 12.1 Å². The molecule has 0 atom stereocenters. The third-order valence-corrected chi connectivity index (χ3v) is 4.35. The van der Waals surface area contributed by atoms with Gasteiger partial charge in [0.15, 0.2) is 6.61 Å². The molecule has 1 aliphatic rings. The van der Waals surface area contributed by atoms with Gasteiger partial charge in [-0.2, -0.15) is 13.2 Å². The van der Waals surface area contributed by atoms with Gasteiger partial charge in [-0.1, -0.05) is 18.2 Å². The molecule has 1 heterocycles. The molecule has 0 saturated carbocycles. The van der Waals surface area contributed by atoms with Crippen LogP contribution >= 0.6 is 0 Å². The van der Waals surface area contributed by atoms with Gasteiger partial charge in [-0.3, -0.25) is 4.79 Å². The van der Waals surface area contributed by atoms with E-state index in [1.165, 1.54) is 7.11 Å². The number of esters is 1. The highest BCUT2D eigenvalue weighted by atomic mass is 19.4. The second-order valence-corrected chi connectivity index (χ2v) is 6.67. The highest BCUT2D eigenvalue weighted by molar-refractivity contribution is 5.98. The van der Waals surface area contributed by atoms with Gasteiger partial charge < -0.3 is 24.3 Å². The van der Waals surface area contributed by atoms with Crippen LogP contribution in [0.2, 0.25) is 0 Å². The molecule has 10 heteroatoms. The van der Waals surface area contributed by atoms with Gasteiger partial charge in [0.25, 0.3) is 5.91 Å². The molecule has 2 aromatic carbocycles. The van der Waals surface area contributed by atoms with Crippen molar-refractivity contribution in [2.45, 2.75) is 6.18 Å². The van der Waals surface area contributed by atoms with Crippen LogP contribution in [0.3, 0.4) is 0 Å². The fourth-order valence-corrected chi connectivity index (χ4v) is 2.81. The quantitative estimate of drug-likeness (QED) is 0.487. The Morgan fingerprint density at radius 2 is 1.91 bits per heavy atom. The Bertz CT molecular complexity index is 1020. The average molecular weight is 451 g/mol. The standard InChI is InChI=1S/C22H20F3NO6/c1-29-8-9-30-19-7-6-16(22(23,24)25)11-17(19)26-20(27)13-32-21(28)15-10-14-4-2-3-5-18(14)31-12-15/h2-7,10-11H,8-9,12-13H2,1H3,(H,26,27). The van der Waals surface area contributed by atoms with Gasteiger partial charge in [-0.15, -0.1) is 0 Å². The van der Waals surface area contributed by atoms with Crippen molar-refractivity contribution >= 4 is 23.6 Å². The number of para-hydroxylation sites is 1. The number of ether oxygens (including phenoxy) is 4. The first-order valence-corrected chi connectivity index (χ1v) is 9.50. The fraction of sp³-hybridized carbons (Fsp3) is 0.273. The Balaban J connectivity index is 1.64. The van der Waals surface area contributed by atoms with Crippen molar-refractivity contribution in [1.29, 1.82) is 0 Å². The van der Waals surface area contributed by atoms with Crippen LogP contribution in [0.5, 0.6) is 11.5 Å². The maximum absolute atomic E-state index is 13.0. The molecule has 0 unspecified atom stereocenters. The number of hydrogen-bond acceptors (Lipinski definition) is 6. The Morgan fingerprint density at radius 1 is 1.12 bits per heavy atom. The lowest BCUT2D eigenvalue weighted by Crippen LogP contribution is -2.24. The smallest absolute Gasteiger partial charge is 0.416 e. The highest BCUT2D eigenvalue weighted by Crippen LogP contribution is 2.35. The zero-order valence-electron chi connectivity index (χ0n) is 17.0. The van der Waals surface area contributed by atoms with Crippen molar-refractivity contribution in [2.75, 3.05) is 38.9 Å². The van der Waals surface area contributed by atoms with E-state index >= 15 is 0 Å². The molecule has 7 nitrogen and oxygen atoms in total. The Labute approximate surface area is 181 Å². The Hall–Kier alpha value is -3.53. The number of rotatable bonds is 8. The minimum absolute atomic E-state index is 0.0229. The summed E-state index contributed by atoms with van der Waals surface area (Å²) in [5.41, 5.74) is -0.269. The number of halogens is 3. The van der Waals surface area contributed by atoms with E-state index < -0.39 is 30.2 Å². The monoisotopic (exact) mass is 451 g/mol. The molecule has 1 amide bonds. The van der Waals surface area contributed by atoms with Crippen LogP contribution in [-0.2, 0) is 25.2 Å². The highest BCUT2D eigenvalue weighted by Gasteiger charge is 2.31. The zero-order valence-corrected chi connectivity index (χ0v) is 17.0. The summed E-state index contributed by atoms with van der Waals surface area (Å²) in [6.07, 6.45) is -3.02. The molecule has 0 bridgehead atoms.